The van der Waals surface area contributed by atoms with Crippen molar-refractivity contribution in [2.45, 2.75) is 32.3 Å². The molecular weight excluding hydrogens is 296 g/mol. The van der Waals surface area contributed by atoms with E-state index in [9.17, 15) is 4.79 Å². The third kappa shape index (κ3) is 3.87. The monoisotopic (exact) mass is 316 g/mol. The number of benzene rings is 1. The van der Waals surface area contributed by atoms with Crippen LogP contribution in [0.4, 0.5) is 10.5 Å². The molecular formula is C16H20N4O3. The Balaban J connectivity index is 1.64. The van der Waals surface area contributed by atoms with Crippen molar-refractivity contribution in [3.63, 3.8) is 0 Å². The number of hydrogen-bond acceptors (Lipinski definition) is 5. The molecule has 2 amide bonds. The number of nitrogens with zero attached hydrogens (tertiary/aromatic N) is 2. The Kier molecular flexibility index (Phi) is 4.87. The van der Waals surface area contributed by atoms with Crippen molar-refractivity contribution in [1.82, 2.24) is 15.5 Å². The van der Waals surface area contributed by atoms with E-state index in [1.54, 1.807) is 0 Å². The lowest BCUT2D eigenvalue weighted by Gasteiger charge is -2.06. The van der Waals surface area contributed by atoms with E-state index >= 15 is 0 Å². The molecule has 0 spiro atoms. The van der Waals surface area contributed by atoms with E-state index in [0.717, 1.165) is 31.4 Å². The SMILES string of the molecule is CCCNC(=O)Nc1ccc(-c2noc(C3CCCO3)n2)cc1. The molecule has 1 saturated heterocycles. The molecule has 23 heavy (non-hydrogen) atoms. The molecule has 2 aromatic rings. The lowest BCUT2D eigenvalue weighted by atomic mass is 10.2. The van der Waals surface area contributed by atoms with Crippen molar-refractivity contribution >= 4 is 11.7 Å². The Labute approximate surface area is 134 Å². The number of aromatic nitrogens is 2. The van der Waals surface area contributed by atoms with Gasteiger partial charge in [0.2, 0.25) is 5.82 Å². The van der Waals surface area contributed by atoms with Crippen LogP contribution in [0.25, 0.3) is 11.4 Å². The van der Waals surface area contributed by atoms with Gasteiger partial charge in [0.15, 0.2) is 0 Å². The van der Waals surface area contributed by atoms with Gasteiger partial charge in [-0.2, -0.15) is 4.98 Å². The molecule has 2 N–H and O–H groups in total. The first-order valence-corrected chi connectivity index (χ1v) is 7.86. The minimum absolute atomic E-state index is 0.0838. The zero-order valence-electron chi connectivity index (χ0n) is 13.0. The predicted molar refractivity (Wildman–Crippen MR) is 85.0 cm³/mol. The lowest BCUT2D eigenvalue weighted by molar-refractivity contribution is 0.0835. The van der Waals surface area contributed by atoms with Crippen molar-refractivity contribution < 1.29 is 14.1 Å². The van der Waals surface area contributed by atoms with Gasteiger partial charge in [0.1, 0.15) is 6.10 Å². The molecule has 2 heterocycles. The van der Waals surface area contributed by atoms with Gasteiger partial charge >= 0.3 is 6.03 Å². The third-order valence-electron chi connectivity index (χ3n) is 3.58. The number of ether oxygens (including phenoxy) is 1. The molecule has 122 valence electrons. The van der Waals surface area contributed by atoms with Crippen molar-refractivity contribution in [2.24, 2.45) is 0 Å². The quantitative estimate of drug-likeness (QED) is 0.884. The minimum atomic E-state index is -0.208. The second kappa shape index (κ2) is 7.23. The zero-order chi connectivity index (χ0) is 16.1. The molecule has 1 aliphatic heterocycles. The summed E-state index contributed by atoms with van der Waals surface area (Å²) in [6.45, 7) is 3.40. The molecule has 7 heteroatoms. The van der Waals surface area contributed by atoms with E-state index < -0.39 is 0 Å². The highest BCUT2D eigenvalue weighted by Crippen LogP contribution is 2.28. The largest absolute Gasteiger partial charge is 0.368 e. The van der Waals surface area contributed by atoms with E-state index in [2.05, 4.69) is 20.8 Å². The maximum atomic E-state index is 11.6. The number of rotatable bonds is 5. The molecule has 0 saturated carbocycles. The van der Waals surface area contributed by atoms with Gasteiger partial charge in [0, 0.05) is 24.4 Å². The Bertz CT molecular complexity index is 648. The summed E-state index contributed by atoms with van der Waals surface area (Å²) >= 11 is 0. The van der Waals surface area contributed by atoms with E-state index in [4.69, 9.17) is 9.26 Å². The van der Waals surface area contributed by atoms with Crippen LogP contribution in [0.3, 0.4) is 0 Å². The second-order valence-electron chi connectivity index (χ2n) is 5.42. The van der Waals surface area contributed by atoms with Crippen LogP contribution in [0.2, 0.25) is 0 Å². The summed E-state index contributed by atoms with van der Waals surface area (Å²) in [4.78, 5) is 16.0. The summed E-state index contributed by atoms with van der Waals surface area (Å²) in [7, 11) is 0. The second-order valence-corrected chi connectivity index (χ2v) is 5.42. The van der Waals surface area contributed by atoms with Gasteiger partial charge in [-0.3, -0.25) is 0 Å². The molecule has 3 rings (SSSR count). The van der Waals surface area contributed by atoms with E-state index in [0.29, 0.717) is 23.9 Å². The molecule has 1 unspecified atom stereocenters. The number of nitrogens with one attached hydrogen (secondary N) is 2. The molecule has 1 aromatic heterocycles. The molecule has 1 aromatic carbocycles. The molecule has 1 fully saturated rings. The Morgan fingerprint density at radius 3 is 2.87 bits per heavy atom. The van der Waals surface area contributed by atoms with Gasteiger partial charge in [-0.25, -0.2) is 4.79 Å². The van der Waals surface area contributed by atoms with Crippen LogP contribution in [0.5, 0.6) is 0 Å². The normalized spacial score (nSPS) is 17.2. The number of carbonyl (C=O) groups excluding carboxylic acids is 1. The van der Waals surface area contributed by atoms with Crippen LogP contribution in [-0.4, -0.2) is 29.3 Å². The van der Waals surface area contributed by atoms with E-state index in [1.165, 1.54) is 0 Å². The van der Waals surface area contributed by atoms with Gasteiger partial charge < -0.3 is 19.9 Å². The van der Waals surface area contributed by atoms with E-state index in [-0.39, 0.29) is 12.1 Å². The maximum absolute atomic E-state index is 11.6. The highest BCUT2D eigenvalue weighted by molar-refractivity contribution is 5.89. The Hall–Kier alpha value is -2.41. The standard InChI is InChI=1S/C16H20N4O3/c1-2-9-17-16(21)18-12-7-5-11(6-8-12)14-19-15(23-20-14)13-4-3-10-22-13/h5-8,13H,2-4,9-10H2,1H3,(H2,17,18,21). The summed E-state index contributed by atoms with van der Waals surface area (Å²) in [5.41, 5.74) is 1.54. The topological polar surface area (TPSA) is 89.3 Å². The fraction of sp³-hybridized carbons (Fsp3) is 0.438. The van der Waals surface area contributed by atoms with Crippen LogP contribution in [0, 0.1) is 0 Å². The molecule has 1 atom stereocenters. The highest BCUT2D eigenvalue weighted by atomic mass is 16.5. The number of urea groups is 1. The van der Waals surface area contributed by atoms with Gasteiger partial charge in [-0.15, -0.1) is 0 Å². The first kappa shape index (κ1) is 15.5. The fourth-order valence-electron chi connectivity index (χ4n) is 2.37. The van der Waals surface area contributed by atoms with Crippen LogP contribution in [0.15, 0.2) is 28.8 Å². The molecule has 0 bridgehead atoms. The average Bonchev–Trinajstić information content (AvgIpc) is 3.24. The molecule has 7 nitrogen and oxygen atoms in total. The summed E-state index contributed by atoms with van der Waals surface area (Å²) in [6, 6.07) is 7.10. The Morgan fingerprint density at radius 1 is 1.35 bits per heavy atom. The highest BCUT2D eigenvalue weighted by Gasteiger charge is 2.24. The summed E-state index contributed by atoms with van der Waals surface area (Å²) in [5, 5.41) is 9.53. The fourth-order valence-corrected chi connectivity index (χ4v) is 2.37. The van der Waals surface area contributed by atoms with Crippen LogP contribution >= 0.6 is 0 Å². The van der Waals surface area contributed by atoms with Gasteiger partial charge in [-0.05, 0) is 43.5 Å². The van der Waals surface area contributed by atoms with Crippen molar-refractivity contribution in [1.29, 1.82) is 0 Å². The maximum Gasteiger partial charge on any atom is 0.319 e. The summed E-state index contributed by atoms with van der Waals surface area (Å²) < 4.78 is 10.8. The first-order chi connectivity index (χ1) is 11.3. The van der Waals surface area contributed by atoms with Crippen LogP contribution < -0.4 is 10.6 Å². The van der Waals surface area contributed by atoms with Crippen molar-refractivity contribution in [2.75, 3.05) is 18.5 Å². The van der Waals surface area contributed by atoms with E-state index in [1.807, 2.05) is 31.2 Å². The number of amides is 2. The smallest absolute Gasteiger partial charge is 0.319 e. The van der Waals surface area contributed by atoms with Crippen molar-refractivity contribution in [3.05, 3.63) is 30.2 Å². The Morgan fingerprint density at radius 2 is 2.17 bits per heavy atom. The van der Waals surface area contributed by atoms with Gasteiger partial charge in [0.05, 0.1) is 0 Å². The lowest BCUT2D eigenvalue weighted by Crippen LogP contribution is -2.29. The van der Waals surface area contributed by atoms with Gasteiger partial charge in [-0.1, -0.05) is 12.1 Å². The third-order valence-corrected chi connectivity index (χ3v) is 3.58. The number of anilines is 1. The van der Waals surface area contributed by atoms with Crippen LogP contribution in [-0.2, 0) is 4.74 Å². The summed E-state index contributed by atoms with van der Waals surface area (Å²) in [5.74, 6) is 1.05. The van der Waals surface area contributed by atoms with Crippen molar-refractivity contribution in [3.8, 4) is 11.4 Å². The molecule has 1 aliphatic rings. The molecule has 0 radical (unpaired) electrons. The predicted octanol–water partition coefficient (Wildman–Crippen LogP) is 3.12. The molecule has 0 aliphatic carbocycles. The first-order valence-electron chi connectivity index (χ1n) is 7.86. The van der Waals surface area contributed by atoms with Crippen LogP contribution in [0.1, 0.15) is 38.2 Å². The summed E-state index contributed by atoms with van der Waals surface area (Å²) in [6.07, 6.45) is 2.75. The minimum Gasteiger partial charge on any atom is -0.368 e. The average molecular weight is 316 g/mol. The van der Waals surface area contributed by atoms with Gasteiger partial charge in [0.25, 0.3) is 5.89 Å². The number of hydrogen-bond donors (Lipinski definition) is 2. The number of carbonyl (C=O) groups is 1. The zero-order valence-corrected chi connectivity index (χ0v) is 13.0.